The molecule has 1 unspecified atom stereocenters. The predicted molar refractivity (Wildman–Crippen MR) is 131 cm³/mol. The molecular formula is C23H23Cl2N3O3S. The van der Waals surface area contributed by atoms with Crippen LogP contribution < -0.4 is 10.6 Å². The van der Waals surface area contributed by atoms with Gasteiger partial charge in [0.2, 0.25) is 0 Å². The number of nitrogens with zero attached hydrogens (tertiary/aromatic N) is 1. The summed E-state index contributed by atoms with van der Waals surface area (Å²) in [5.41, 5.74) is 3.08. The van der Waals surface area contributed by atoms with Gasteiger partial charge in [0.25, 0.3) is 5.91 Å². The van der Waals surface area contributed by atoms with Crippen LogP contribution in [0.1, 0.15) is 42.2 Å². The second-order valence-corrected chi connectivity index (χ2v) is 8.26. The summed E-state index contributed by atoms with van der Waals surface area (Å²) in [6.07, 6.45) is 0.632. The first kappa shape index (κ1) is 24.0. The molecule has 0 bridgehead atoms. The Hall–Kier alpha value is -2.61. The number of methoxy groups -OCH3 is 1. The molecule has 1 amide bonds. The highest BCUT2D eigenvalue weighted by atomic mass is 35.5. The fourth-order valence-corrected chi connectivity index (χ4v) is 4.50. The summed E-state index contributed by atoms with van der Waals surface area (Å²) < 4.78 is 5.06. The molecule has 0 saturated heterocycles. The van der Waals surface area contributed by atoms with Gasteiger partial charge in [-0.1, -0.05) is 42.3 Å². The summed E-state index contributed by atoms with van der Waals surface area (Å²) in [4.78, 5) is 27.1. The van der Waals surface area contributed by atoms with Crippen LogP contribution in [0.4, 0.5) is 5.69 Å². The molecule has 2 N–H and O–H groups in total. The fourth-order valence-electron chi connectivity index (χ4n) is 3.65. The third-order valence-corrected chi connectivity index (χ3v) is 6.06. The lowest BCUT2D eigenvalue weighted by Gasteiger charge is -2.38. The summed E-state index contributed by atoms with van der Waals surface area (Å²) in [5.74, 6) is -0.756. The molecule has 0 radical (unpaired) electrons. The molecule has 1 aliphatic rings. The van der Waals surface area contributed by atoms with Gasteiger partial charge in [-0.15, -0.1) is 0 Å². The standard InChI is InChI=1S/C23H23Cl2N3O3S/c1-4-18-19(22(30)31-3)20(27-23(32)28(18)5-2)13-6-9-15(10-7-13)26-21(29)16-11-8-14(24)12-17(16)25/h6-12,20H,4-5H2,1-3H3,(H,26,29)(H,27,32). The number of allylic oxidation sites excluding steroid dienone is 1. The molecule has 3 rings (SSSR count). The van der Waals surface area contributed by atoms with Gasteiger partial charge in [-0.05, 0) is 61.5 Å². The monoisotopic (exact) mass is 491 g/mol. The Labute approximate surface area is 202 Å². The van der Waals surface area contributed by atoms with Crippen molar-refractivity contribution in [2.75, 3.05) is 19.0 Å². The molecule has 0 aliphatic carbocycles. The van der Waals surface area contributed by atoms with E-state index in [4.69, 9.17) is 40.2 Å². The summed E-state index contributed by atoms with van der Waals surface area (Å²) >= 11 is 17.5. The Kier molecular flexibility index (Phi) is 7.77. The number of hydrogen-bond acceptors (Lipinski definition) is 4. The largest absolute Gasteiger partial charge is 0.466 e. The molecule has 168 valence electrons. The number of ether oxygens (including phenoxy) is 1. The number of halogens is 2. The van der Waals surface area contributed by atoms with Crippen LogP contribution in [-0.2, 0) is 9.53 Å². The SMILES string of the molecule is CCC1=C(C(=O)OC)C(c2ccc(NC(=O)c3ccc(Cl)cc3Cl)cc2)NC(=S)N1CC. The number of anilines is 1. The molecule has 0 spiro atoms. The van der Waals surface area contributed by atoms with Crippen LogP contribution in [0.15, 0.2) is 53.7 Å². The Morgan fingerprint density at radius 2 is 1.84 bits per heavy atom. The van der Waals surface area contributed by atoms with Gasteiger partial charge in [0.1, 0.15) is 0 Å². The number of amides is 1. The molecule has 2 aromatic carbocycles. The molecular weight excluding hydrogens is 469 g/mol. The van der Waals surface area contributed by atoms with Gasteiger partial charge in [-0.2, -0.15) is 0 Å². The van der Waals surface area contributed by atoms with Gasteiger partial charge in [0, 0.05) is 23.0 Å². The summed E-state index contributed by atoms with van der Waals surface area (Å²) in [7, 11) is 1.36. The number of nitrogens with one attached hydrogen (secondary N) is 2. The lowest BCUT2D eigenvalue weighted by Crippen LogP contribution is -2.48. The van der Waals surface area contributed by atoms with Crippen molar-refractivity contribution in [2.45, 2.75) is 26.3 Å². The van der Waals surface area contributed by atoms with Gasteiger partial charge in [-0.25, -0.2) is 4.79 Å². The number of thiocarbonyl (C=S) groups is 1. The number of benzene rings is 2. The average molecular weight is 492 g/mol. The minimum absolute atomic E-state index is 0.270. The lowest BCUT2D eigenvalue weighted by atomic mass is 9.93. The Morgan fingerprint density at radius 3 is 2.41 bits per heavy atom. The van der Waals surface area contributed by atoms with E-state index >= 15 is 0 Å². The van der Waals surface area contributed by atoms with E-state index in [1.165, 1.54) is 13.2 Å². The van der Waals surface area contributed by atoms with Crippen molar-refractivity contribution in [3.8, 4) is 0 Å². The number of esters is 1. The van der Waals surface area contributed by atoms with E-state index in [2.05, 4.69) is 10.6 Å². The topological polar surface area (TPSA) is 70.7 Å². The molecule has 1 atom stereocenters. The highest BCUT2D eigenvalue weighted by Gasteiger charge is 2.35. The molecule has 0 aromatic heterocycles. The van der Waals surface area contributed by atoms with Gasteiger partial charge in [0.05, 0.1) is 29.3 Å². The van der Waals surface area contributed by atoms with Crippen LogP contribution in [0.2, 0.25) is 10.0 Å². The third kappa shape index (κ3) is 4.90. The highest BCUT2D eigenvalue weighted by Crippen LogP contribution is 2.33. The van der Waals surface area contributed by atoms with Crippen molar-refractivity contribution in [2.24, 2.45) is 0 Å². The Bertz CT molecular complexity index is 1090. The quantitative estimate of drug-likeness (QED) is 0.420. The molecule has 9 heteroatoms. The van der Waals surface area contributed by atoms with E-state index in [9.17, 15) is 9.59 Å². The maximum absolute atomic E-state index is 12.6. The first-order valence-electron chi connectivity index (χ1n) is 10.1. The van der Waals surface area contributed by atoms with Gasteiger partial charge in [0.15, 0.2) is 5.11 Å². The normalized spacial score (nSPS) is 16.0. The van der Waals surface area contributed by atoms with Crippen molar-refractivity contribution < 1.29 is 14.3 Å². The smallest absolute Gasteiger partial charge is 0.337 e. The number of rotatable bonds is 6. The maximum Gasteiger partial charge on any atom is 0.337 e. The highest BCUT2D eigenvalue weighted by molar-refractivity contribution is 7.80. The number of carbonyl (C=O) groups excluding carboxylic acids is 2. The van der Waals surface area contributed by atoms with Crippen molar-refractivity contribution in [3.05, 3.63) is 74.9 Å². The zero-order chi connectivity index (χ0) is 23.4. The zero-order valence-electron chi connectivity index (χ0n) is 17.9. The minimum Gasteiger partial charge on any atom is -0.466 e. The third-order valence-electron chi connectivity index (χ3n) is 5.17. The van der Waals surface area contributed by atoms with Crippen LogP contribution in [0.3, 0.4) is 0 Å². The van der Waals surface area contributed by atoms with E-state index in [1.807, 2.05) is 30.9 Å². The van der Waals surface area contributed by atoms with Crippen molar-refractivity contribution in [3.63, 3.8) is 0 Å². The van der Waals surface area contributed by atoms with Crippen molar-refractivity contribution >= 4 is 58.1 Å². The molecule has 1 aliphatic heterocycles. The van der Waals surface area contributed by atoms with Crippen molar-refractivity contribution in [1.29, 1.82) is 0 Å². The second-order valence-electron chi connectivity index (χ2n) is 7.03. The molecule has 0 fully saturated rings. The second kappa shape index (κ2) is 10.3. The van der Waals surface area contributed by atoms with Gasteiger partial charge in [-0.3, -0.25) is 4.79 Å². The molecule has 0 saturated carbocycles. The van der Waals surface area contributed by atoms with Crippen LogP contribution in [0.5, 0.6) is 0 Å². The number of hydrogen-bond donors (Lipinski definition) is 2. The summed E-state index contributed by atoms with van der Waals surface area (Å²) in [6.45, 7) is 4.59. The first-order chi connectivity index (χ1) is 15.3. The molecule has 32 heavy (non-hydrogen) atoms. The lowest BCUT2D eigenvalue weighted by molar-refractivity contribution is -0.136. The van der Waals surface area contributed by atoms with E-state index in [1.54, 1.807) is 24.3 Å². The fraction of sp³-hybridized carbons (Fsp3) is 0.261. The van der Waals surface area contributed by atoms with Crippen molar-refractivity contribution in [1.82, 2.24) is 10.2 Å². The van der Waals surface area contributed by atoms with E-state index in [-0.39, 0.29) is 10.9 Å². The van der Waals surface area contributed by atoms with Gasteiger partial charge >= 0.3 is 5.97 Å². The molecule has 1 heterocycles. The first-order valence-corrected chi connectivity index (χ1v) is 11.2. The van der Waals surface area contributed by atoms with E-state index in [0.717, 1.165) is 11.3 Å². The van der Waals surface area contributed by atoms with Gasteiger partial charge < -0.3 is 20.3 Å². The summed E-state index contributed by atoms with van der Waals surface area (Å²) in [6, 6.07) is 11.4. The Balaban J connectivity index is 1.89. The van der Waals surface area contributed by atoms with Crippen LogP contribution >= 0.6 is 35.4 Å². The summed E-state index contributed by atoms with van der Waals surface area (Å²) in [5, 5.41) is 7.34. The predicted octanol–water partition coefficient (Wildman–Crippen LogP) is 5.33. The molecule has 2 aromatic rings. The molecule has 6 nitrogen and oxygen atoms in total. The van der Waals surface area contributed by atoms with Crippen LogP contribution in [0.25, 0.3) is 0 Å². The maximum atomic E-state index is 12.6. The zero-order valence-corrected chi connectivity index (χ0v) is 20.2. The van der Waals surface area contributed by atoms with Crippen LogP contribution in [0, 0.1) is 0 Å². The van der Waals surface area contributed by atoms with Crippen LogP contribution in [-0.4, -0.2) is 35.5 Å². The minimum atomic E-state index is -0.455. The Morgan fingerprint density at radius 1 is 1.16 bits per heavy atom. The van der Waals surface area contributed by atoms with E-state index < -0.39 is 12.0 Å². The number of carbonyl (C=O) groups is 2. The van der Waals surface area contributed by atoms with E-state index in [0.29, 0.717) is 39.9 Å². The average Bonchev–Trinajstić information content (AvgIpc) is 2.78.